The molecule has 0 amide bonds. The molecule has 0 heterocycles. The highest BCUT2D eigenvalue weighted by atomic mass is 31.0. The Hall–Kier alpha value is -0.0300. The van der Waals surface area contributed by atoms with Gasteiger partial charge in [0.15, 0.2) is 5.78 Å². The van der Waals surface area contributed by atoms with Crippen LogP contribution in [-0.4, -0.2) is 11.1 Å². The summed E-state index contributed by atoms with van der Waals surface area (Å²) in [5, 5.41) is 1.17. The van der Waals surface area contributed by atoms with Crippen molar-refractivity contribution in [1.82, 2.24) is 0 Å². The summed E-state index contributed by atoms with van der Waals surface area (Å²) >= 11 is 0. The van der Waals surface area contributed by atoms with E-state index in [9.17, 15) is 4.79 Å². The highest BCUT2D eigenvalue weighted by molar-refractivity contribution is 7.25. The van der Waals surface area contributed by atoms with Gasteiger partial charge in [-0.3, -0.25) is 4.79 Å². The minimum Gasteiger partial charge on any atom is -0.294 e. The van der Waals surface area contributed by atoms with Gasteiger partial charge >= 0.3 is 0 Å². The van der Waals surface area contributed by atoms with Crippen molar-refractivity contribution in [3.05, 3.63) is 0 Å². The molecule has 0 aliphatic heterocycles. The molecule has 1 atom stereocenters. The van der Waals surface area contributed by atoms with E-state index >= 15 is 0 Å². The van der Waals surface area contributed by atoms with E-state index in [1.54, 1.807) is 0 Å². The zero-order valence-electron chi connectivity index (χ0n) is 15.1. The SMILES string of the molecule is CCCCC(=[PH3])C(=O)C(CCCC)(CCCC)CCCC. The maximum Gasteiger partial charge on any atom is 0.164 e. The summed E-state index contributed by atoms with van der Waals surface area (Å²) in [6, 6.07) is 0. The van der Waals surface area contributed by atoms with Crippen LogP contribution in [0.3, 0.4) is 0 Å². The molecule has 0 aliphatic rings. The molecular weight excluding hydrogens is 275 g/mol. The molecule has 0 fully saturated rings. The van der Waals surface area contributed by atoms with Gasteiger partial charge < -0.3 is 0 Å². The fourth-order valence-corrected chi connectivity index (χ4v) is 3.76. The Morgan fingerprint density at radius 3 is 1.48 bits per heavy atom. The molecule has 1 unspecified atom stereocenters. The van der Waals surface area contributed by atoms with Crippen molar-refractivity contribution in [3.63, 3.8) is 0 Å². The molecule has 0 spiro atoms. The van der Waals surface area contributed by atoms with Crippen LogP contribution in [0.2, 0.25) is 0 Å². The largest absolute Gasteiger partial charge is 0.294 e. The first kappa shape index (κ1) is 21.0. The van der Waals surface area contributed by atoms with Crippen molar-refractivity contribution < 1.29 is 4.79 Å². The van der Waals surface area contributed by atoms with E-state index in [2.05, 4.69) is 27.7 Å². The first-order valence-corrected chi connectivity index (χ1v) is 10.0. The van der Waals surface area contributed by atoms with Gasteiger partial charge in [-0.15, -0.1) is 8.86 Å². The van der Waals surface area contributed by atoms with Crippen LogP contribution in [-0.2, 0) is 4.79 Å². The van der Waals surface area contributed by atoms with Crippen molar-refractivity contribution in [1.29, 1.82) is 0 Å². The van der Waals surface area contributed by atoms with Gasteiger partial charge in [0.25, 0.3) is 0 Å². The third-order valence-electron chi connectivity index (χ3n) is 4.66. The molecule has 0 aliphatic carbocycles. The topological polar surface area (TPSA) is 17.1 Å². The summed E-state index contributed by atoms with van der Waals surface area (Å²) in [5.74, 6) is 0.518. The molecule has 21 heavy (non-hydrogen) atoms. The smallest absolute Gasteiger partial charge is 0.164 e. The molecule has 0 aromatic rings. The first-order chi connectivity index (χ1) is 10.1. The number of rotatable bonds is 14. The number of hydrogen-bond acceptors (Lipinski definition) is 1. The van der Waals surface area contributed by atoms with Gasteiger partial charge in [0, 0.05) is 5.41 Å². The zero-order chi connectivity index (χ0) is 16.1. The van der Waals surface area contributed by atoms with E-state index in [0.29, 0.717) is 5.78 Å². The van der Waals surface area contributed by atoms with Gasteiger partial charge in [-0.05, 0) is 37.4 Å². The Morgan fingerprint density at radius 2 is 1.14 bits per heavy atom. The quantitative estimate of drug-likeness (QED) is 0.355. The van der Waals surface area contributed by atoms with Crippen LogP contribution in [0, 0.1) is 5.41 Å². The van der Waals surface area contributed by atoms with Gasteiger partial charge in [-0.25, -0.2) is 0 Å². The molecule has 1 nitrogen and oxygen atoms in total. The van der Waals surface area contributed by atoms with Crippen LogP contribution < -0.4 is 0 Å². The summed E-state index contributed by atoms with van der Waals surface area (Å²) in [4.78, 5) is 13.2. The number of Topliss-reactive ketones (excluding diaryl/α,β-unsaturated/α-hetero) is 1. The van der Waals surface area contributed by atoms with Gasteiger partial charge in [0.1, 0.15) is 0 Å². The molecule has 0 radical (unpaired) electrons. The monoisotopic (exact) mass is 314 g/mol. The summed E-state index contributed by atoms with van der Waals surface area (Å²) in [5.41, 5.74) is -0.0349. The summed E-state index contributed by atoms with van der Waals surface area (Å²) < 4.78 is 0. The molecule has 0 rings (SSSR count). The van der Waals surface area contributed by atoms with Gasteiger partial charge in [0.2, 0.25) is 0 Å². The summed E-state index contributed by atoms with van der Waals surface area (Å²) in [6.07, 6.45) is 13.9. The van der Waals surface area contributed by atoms with E-state index in [0.717, 1.165) is 32.1 Å². The van der Waals surface area contributed by atoms with Crippen molar-refractivity contribution in [2.75, 3.05) is 0 Å². The normalized spacial score (nSPS) is 11.8. The average molecular weight is 314 g/mol. The van der Waals surface area contributed by atoms with Gasteiger partial charge in [0.05, 0.1) is 0 Å². The molecule has 0 bridgehead atoms. The maximum atomic E-state index is 13.2. The Kier molecular flexibility index (Phi) is 12.5. The van der Waals surface area contributed by atoms with Crippen LogP contribution in [0.15, 0.2) is 0 Å². The van der Waals surface area contributed by atoms with Crippen LogP contribution in [0.1, 0.15) is 105 Å². The molecule has 126 valence electrons. The molecule has 0 aromatic heterocycles. The third kappa shape index (κ3) is 7.68. The standard InChI is InChI=1S/C19H39OP/c1-5-9-13-17(21)18(20)19(14-10-6-2,15-11-7-3)16-12-8-4/h5-16H2,1-4,21H3. The second kappa shape index (κ2) is 12.5. The van der Waals surface area contributed by atoms with Crippen molar-refractivity contribution in [2.45, 2.75) is 105 Å². The van der Waals surface area contributed by atoms with Crippen LogP contribution in [0.5, 0.6) is 0 Å². The number of carbonyl (C=O) groups excluding carboxylic acids is 1. The number of ketones is 1. The predicted molar refractivity (Wildman–Crippen MR) is 102 cm³/mol. The van der Waals surface area contributed by atoms with Crippen LogP contribution in [0.4, 0.5) is 0 Å². The van der Waals surface area contributed by atoms with Crippen LogP contribution in [0.25, 0.3) is 0 Å². The lowest BCUT2D eigenvalue weighted by Gasteiger charge is -2.33. The Balaban J connectivity index is 5.07. The Morgan fingerprint density at radius 1 is 0.762 bits per heavy atom. The minimum absolute atomic E-state index is 0.0349. The van der Waals surface area contributed by atoms with E-state index in [-0.39, 0.29) is 5.41 Å². The van der Waals surface area contributed by atoms with Crippen LogP contribution >= 0.6 is 8.86 Å². The fourth-order valence-electron chi connectivity index (χ4n) is 3.14. The lowest BCUT2D eigenvalue weighted by atomic mass is 9.70. The van der Waals surface area contributed by atoms with E-state index in [4.69, 9.17) is 0 Å². The molecular formula is C19H39OP. The Labute approximate surface area is 135 Å². The van der Waals surface area contributed by atoms with Crippen molar-refractivity contribution in [2.24, 2.45) is 5.41 Å². The zero-order valence-corrected chi connectivity index (χ0v) is 16.5. The van der Waals surface area contributed by atoms with E-state index in [1.165, 1.54) is 50.2 Å². The minimum atomic E-state index is -0.0349. The highest BCUT2D eigenvalue weighted by Gasteiger charge is 2.36. The first-order valence-electron chi connectivity index (χ1n) is 9.30. The maximum absolute atomic E-state index is 13.2. The Bertz CT molecular complexity index is 274. The number of carbonyl (C=O) groups is 1. The molecule has 0 saturated heterocycles. The summed E-state index contributed by atoms with van der Waals surface area (Å²) in [6.45, 7) is 8.93. The lowest BCUT2D eigenvalue weighted by Crippen LogP contribution is -2.36. The number of unbranched alkanes of at least 4 members (excludes halogenated alkanes) is 4. The fraction of sp³-hybridized carbons (Fsp3) is 0.895. The average Bonchev–Trinajstić information content (AvgIpc) is 2.51. The van der Waals surface area contributed by atoms with Gasteiger partial charge in [-0.1, -0.05) is 72.6 Å². The predicted octanol–water partition coefficient (Wildman–Crippen LogP) is 6.08. The van der Waals surface area contributed by atoms with Crippen molar-refractivity contribution in [3.8, 4) is 0 Å². The summed E-state index contributed by atoms with van der Waals surface area (Å²) in [7, 11) is 1.87. The van der Waals surface area contributed by atoms with Crippen molar-refractivity contribution >= 4 is 19.9 Å². The molecule has 0 N–H and O–H groups in total. The van der Waals surface area contributed by atoms with E-state index in [1.807, 2.05) is 8.86 Å². The van der Waals surface area contributed by atoms with Gasteiger partial charge in [-0.2, -0.15) is 0 Å². The molecule has 0 aromatic carbocycles. The lowest BCUT2D eigenvalue weighted by molar-refractivity contribution is -0.123. The third-order valence-corrected chi connectivity index (χ3v) is 5.34. The number of hydrogen-bond donors (Lipinski definition) is 0. The molecule has 2 heteroatoms. The highest BCUT2D eigenvalue weighted by Crippen LogP contribution is 2.38. The van der Waals surface area contributed by atoms with E-state index < -0.39 is 0 Å². The molecule has 0 saturated carbocycles. The second-order valence-electron chi connectivity index (χ2n) is 6.63. The second-order valence-corrected chi connectivity index (χ2v) is 7.48.